The molecule has 0 aliphatic carbocycles. The number of urea groups is 1. The molecule has 0 spiro atoms. The van der Waals surface area contributed by atoms with E-state index in [1.165, 1.54) is 4.68 Å². The van der Waals surface area contributed by atoms with Gasteiger partial charge in [-0.15, -0.1) is 0 Å². The third-order valence-corrected chi connectivity index (χ3v) is 3.56. The van der Waals surface area contributed by atoms with Crippen LogP contribution < -0.4 is 16.4 Å². The molecule has 1 aromatic carbocycles. The van der Waals surface area contributed by atoms with Gasteiger partial charge in [-0.1, -0.05) is 31.5 Å². The summed E-state index contributed by atoms with van der Waals surface area (Å²) in [5, 5.41) is 8.46. The van der Waals surface area contributed by atoms with Crippen molar-refractivity contribution in [2.75, 3.05) is 5.73 Å². The molecular weight excluding hydrogens is 322 g/mol. The molecule has 2 aromatic rings. The summed E-state index contributed by atoms with van der Waals surface area (Å²) in [5.74, 6) is -1.03. The summed E-state index contributed by atoms with van der Waals surface area (Å²) in [6.07, 6.45) is 1.73. The van der Waals surface area contributed by atoms with Crippen LogP contribution >= 0.6 is 0 Å². The third kappa shape index (κ3) is 4.43. The zero-order valence-electron chi connectivity index (χ0n) is 14.2. The Labute approximate surface area is 145 Å². The number of hydrogen-bond acceptors (Lipinski definition) is 5. The molecule has 8 heteroatoms. The molecule has 0 bridgehead atoms. The Hall–Kier alpha value is -3.16. The first kappa shape index (κ1) is 18.2. The van der Waals surface area contributed by atoms with E-state index in [0.717, 1.165) is 6.42 Å². The summed E-state index contributed by atoms with van der Waals surface area (Å²) in [6, 6.07) is 8.20. The van der Waals surface area contributed by atoms with Gasteiger partial charge in [0.05, 0.1) is 11.4 Å². The Morgan fingerprint density at radius 2 is 1.84 bits per heavy atom. The maximum absolute atomic E-state index is 12.3. The number of imide groups is 2. The molecular formula is C17H21N5O3. The van der Waals surface area contributed by atoms with Crippen molar-refractivity contribution in [3.63, 3.8) is 0 Å². The van der Waals surface area contributed by atoms with Crippen molar-refractivity contribution >= 4 is 23.7 Å². The van der Waals surface area contributed by atoms with Crippen molar-refractivity contribution in [2.45, 2.75) is 33.1 Å². The minimum atomic E-state index is -0.877. The van der Waals surface area contributed by atoms with Crippen LogP contribution in [-0.2, 0) is 4.79 Å². The molecule has 4 N–H and O–H groups in total. The number of carbonyl (C=O) groups excluding carboxylic acids is 3. The number of unbranched alkanes of at least 4 members (excludes halogenated alkanes) is 1. The molecule has 8 nitrogen and oxygen atoms in total. The van der Waals surface area contributed by atoms with Gasteiger partial charge in [0.15, 0.2) is 0 Å². The number of aromatic nitrogens is 2. The van der Waals surface area contributed by atoms with E-state index in [0.29, 0.717) is 17.8 Å². The summed E-state index contributed by atoms with van der Waals surface area (Å²) >= 11 is 0. The van der Waals surface area contributed by atoms with Gasteiger partial charge in [0, 0.05) is 6.42 Å². The lowest BCUT2D eigenvalue weighted by molar-refractivity contribution is -0.120. The summed E-state index contributed by atoms with van der Waals surface area (Å²) in [4.78, 5) is 35.6. The molecule has 1 heterocycles. The van der Waals surface area contributed by atoms with Crippen LogP contribution in [0.1, 0.15) is 42.2 Å². The molecule has 0 fully saturated rings. The van der Waals surface area contributed by atoms with E-state index in [2.05, 4.69) is 15.7 Å². The smallest absolute Gasteiger partial charge is 0.328 e. The molecule has 0 unspecified atom stereocenters. The van der Waals surface area contributed by atoms with Crippen LogP contribution in [0, 0.1) is 6.92 Å². The number of nitrogens with one attached hydrogen (secondary N) is 2. The summed E-state index contributed by atoms with van der Waals surface area (Å²) in [7, 11) is 0. The lowest BCUT2D eigenvalue weighted by Gasteiger charge is -2.06. The highest BCUT2D eigenvalue weighted by Crippen LogP contribution is 2.20. The minimum absolute atomic E-state index is 0.0972. The molecule has 0 aliphatic heterocycles. The van der Waals surface area contributed by atoms with Gasteiger partial charge in [-0.25, -0.2) is 9.48 Å². The van der Waals surface area contributed by atoms with Crippen molar-refractivity contribution in [1.82, 2.24) is 20.4 Å². The highest BCUT2D eigenvalue weighted by molar-refractivity contribution is 6.10. The van der Waals surface area contributed by atoms with Gasteiger partial charge in [0.1, 0.15) is 11.4 Å². The molecule has 1 aromatic heterocycles. The van der Waals surface area contributed by atoms with Crippen LogP contribution in [-0.4, -0.2) is 27.6 Å². The average Bonchev–Trinajstić information content (AvgIpc) is 2.88. The fourth-order valence-corrected chi connectivity index (χ4v) is 2.32. The van der Waals surface area contributed by atoms with Crippen LogP contribution in [0.4, 0.5) is 10.6 Å². The van der Waals surface area contributed by atoms with Crippen molar-refractivity contribution < 1.29 is 14.4 Å². The van der Waals surface area contributed by atoms with Crippen molar-refractivity contribution in [3.05, 3.63) is 41.6 Å². The number of para-hydroxylation sites is 1. The standard InChI is InChI=1S/C17H21N5O3/c1-3-4-10-13(23)19-17(25)20-16(24)14-11(2)21-22(15(14)18)12-8-6-5-7-9-12/h5-9H,3-4,10,18H2,1-2H3,(H2,19,20,23,24,25). The van der Waals surface area contributed by atoms with Gasteiger partial charge in [-0.05, 0) is 25.5 Å². The van der Waals surface area contributed by atoms with Crippen LogP contribution in [0.3, 0.4) is 0 Å². The lowest BCUT2D eigenvalue weighted by Crippen LogP contribution is -2.42. The molecule has 0 aliphatic rings. The van der Waals surface area contributed by atoms with Gasteiger partial charge in [0.2, 0.25) is 5.91 Å². The Morgan fingerprint density at radius 1 is 1.16 bits per heavy atom. The largest absolute Gasteiger partial charge is 0.383 e. The average molecular weight is 343 g/mol. The number of benzene rings is 1. The number of anilines is 1. The first-order valence-electron chi connectivity index (χ1n) is 7.99. The number of rotatable bonds is 5. The van der Waals surface area contributed by atoms with Crippen LogP contribution in [0.2, 0.25) is 0 Å². The summed E-state index contributed by atoms with van der Waals surface area (Å²) in [5.41, 5.74) is 7.19. The predicted molar refractivity (Wildman–Crippen MR) is 93.2 cm³/mol. The predicted octanol–water partition coefficient (Wildman–Crippen LogP) is 1.92. The molecule has 132 valence electrons. The highest BCUT2D eigenvalue weighted by Gasteiger charge is 2.22. The molecule has 0 atom stereocenters. The first-order valence-corrected chi connectivity index (χ1v) is 7.99. The Bertz CT molecular complexity index is 783. The van der Waals surface area contributed by atoms with Gasteiger partial charge in [-0.3, -0.25) is 20.2 Å². The SMILES string of the molecule is CCCCC(=O)NC(=O)NC(=O)c1c(C)nn(-c2ccccc2)c1N. The number of aryl methyl sites for hydroxylation is 1. The summed E-state index contributed by atoms with van der Waals surface area (Å²) in [6.45, 7) is 3.56. The van der Waals surface area contributed by atoms with E-state index < -0.39 is 17.8 Å². The van der Waals surface area contributed by atoms with E-state index in [1.807, 2.05) is 25.1 Å². The van der Waals surface area contributed by atoms with Gasteiger partial charge in [0.25, 0.3) is 5.91 Å². The van der Waals surface area contributed by atoms with E-state index in [9.17, 15) is 14.4 Å². The number of nitrogen functional groups attached to an aromatic ring is 1. The molecule has 25 heavy (non-hydrogen) atoms. The van der Waals surface area contributed by atoms with E-state index >= 15 is 0 Å². The second-order valence-corrected chi connectivity index (χ2v) is 5.53. The van der Waals surface area contributed by atoms with E-state index in [1.54, 1.807) is 19.1 Å². The van der Waals surface area contributed by atoms with Crippen LogP contribution in [0.15, 0.2) is 30.3 Å². The lowest BCUT2D eigenvalue weighted by atomic mass is 10.2. The Kier molecular flexibility index (Phi) is 5.89. The number of hydrogen-bond donors (Lipinski definition) is 3. The topological polar surface area (TPSA) is 119 Å². The molecule has 0 saturated heterocycles. The number of amides is 4. The van der Waals surface area contributed by atoms with E-state index in [-0.39, 0.29) is 17.8 Å². The van der Waals surface area contributed by atoms with Crippen LogP contribution in [0.5, 0.6) is 0 Å². The summed E-state index contributed by atoms with van der Waals surface area (Å²) < 4.78 is 1.43. The zero-order valence-corrected chi connectivity index (χ0v) is 14.2. The van der Waals surface area contributed by atoms with Crippen LogP contribution in [0.25, 0.3) is 5.69 Å². The maximum Gasteiger partial charge on any atom is 0.328 e. The maximum atomic E-state index is 12.3. The molecule has 0 saturated carbocycles. The van der Waals surface area contributed by atoms with Gasteiger partial charge >= 0.3 is 6.03 Å². The normalized spacial score (nSPS) is 10.3. The molecule has 0 radical (unpaired) electrons. The quantitative estimate of drug-likeness (QED) is 0.766. The Balaban J connectivity index is 2.11. The van der Waals surface area contributed by atoms with Crippen molar-refractivity contribution in [1.29, 1.82) is 0 Å². The fraction of sp³-hybridized carbons (Fsp3) is 0.294. The fourth-order valence-electron chi connectivity index (χ4n) is 2.32. The molecule has 4 amide bonds. The number of nitrogens with zero attached hydrogens (tertiary/aromatic N) is 2. The second kappa shape index (κ2) is 8.09. The van der Waals surface area contributed by atoms with Gasteiger partial charge in [-0.2, -0.15) is 5.10 Å². The highest BCUT2D eigenvalue weighted by atomic mass is 16.2. The third-order valence-electron chi connectivity index (χ3n) is 3.56. The van der Waals surface area contributed by atoms with E-state index in [4.69, 9.17) is 5.73 Å². The van der Waals surface area contributed by atoms with Gasteiger partial charge < -0.3 is 5.73 Å². The number of nitrogens with two attached hydrogens (primary N) is 1. The molecule has 2 rings (SSSR count). The zero-order chi connectivity index (χ0) is 18.4. The van der Waals surface area contributed by atoms with Crippen molar-refractivity contribution in [3.8, 4) is 5.69 Å². The minimum Gasteiger partial charge on any atom is -0.383 e. The van der Waals surface area contributed by atoms with Crippen molar-refractivity contribution in [2.24, 2.45) is 0 Å². The monoisotopic (exact) mass is 343 g/mol. The number of carbonyl (C=O) groups is 3. The first-order chi connectivity index (χ1) is 11.9. The second-order valence-electron chi connectivity index (χ2n) is 5.53. The Morgan fingerprint density at radius 3 is 2.48 bits per heavy atom.